The maximum atomic E-state index is 12.1. The van der Waals surface area contributed by atoms with Gasteiger partial charge in [0.2, 0.25) is 10.0 Å². The fraction of sp³-hybridized carbons (Fsp3) is 0.350. The van der Waals surface area contributed by atoms with E-state index in [0.29, 0.717) is 16.9 Å². The molecule has 0 bridgehead atoms. The molecule has 138 valence electrons. The molecule has 0 atom stereocenters. The van der Waals surface area contributed by atoms with Crippen molar-refractivity contribution < 1.29 is 13.2 Å². The van der Waals surface area contributed by atoms with Crippen LogP contribution in [0.3, 0.4) is 0 Å². The van der Waals surface area contributed by atoms with Crippen LogP contribution in [0.1, 0.15) is 37.5 Å². The van der Waals surface area contributed by atoms with E-state index in [-0.39, 0.29) is 24.3 Å². The molecule has 26 heavy (non-hydrogen) atoms. The molecular formula is C20H24N2O3S. The van der Waals surface area contributed by atoms with E-state index in [1.807, 2.05) is 30.3 Å². The topological polar surface area (TPSA) is 79.2 Å². The molecule has 6 heteroatoms. The zero-order chi connectivity index (χ0) is 19.2. The number of ether oxygens (including phenoxy) is 1. The third kappa shape index (κ3) is 6.17. The minimum atomic E-state index is -3.48. The van der Waals surface area contributed by atoms with Gasteiger partial charge in [-0.3, -0.25) is 0 Å². The summed E-state index contributed by atoms with van der Waals surface area (Å²) in [5, 5.41) is 8.87. The molecule has 0 unspecified atom stereocenters. The van der Waals surface area contributed by atoms with Gasteiger partial charge in [0, 0.05) is 6.54 Å². The summed E-state index contributed by atoms with van der Waals surface area (Å²) < 4.78 is 32.3. The number of benzene rings is 2. The van der Waals surface area contributed by atoms with E-state index in [2.05, 4.69) is 25.5 Å². The summed E-state index contributed by atoms with van der Waals surface area (Å²) in [7, 11) is -3.48. The average molecular weight is 372 g/mol. The highest BCUT2D eigenvalue weighted by molar-refractivity contribution is 7.88. The number of hydrogen-bond donors (Lipinski definition) is 1. The van der Waals surface area contributed by atoms with Crippen molar-refractivity contribution in [3.63, 3.8) is 0 Å². The van der Waals surface area contributed by atoms with Gasteiger partial charge in [0.25, 0.3) is 0 Å². The Labute approximate surface area is 155 Å². The minimum Gasteiger partial charge on any atom is -0.492 e. The van der Waals surface area contributed by atoms with Crippen LogP contribution in [-0.4, -0.2) is 21.6 Å². The molecule has 2 aromatic rings. The molecule has 0 aliphatic rings. The van der Waals surface area contributed by atoms with Crippen molar-refractivity contribution in [2.45, 2.75) is 31.9 Å². The Morgan fingerprint density at radius 2 is 1.81 bits per heavy atom. The lowest BCUT2D eigenvalue weighted by atomic mass is 9.87. The summed E-state index contributed by atoms with van der Waals surface area (Å²) >= 11 is 0. The van der Waals surface area contributed by atoms with Gasteiger partial charge in [0.1, 0.15) is 12.4 Å². The molecule has 0 radical (unpaired) electrons. The number of nitrogens with zero attached hydrogens (tertiary/aromatic N) is 1. The van der Waals surface area contributed by atoms with Crippen LogP contribution >= 0.6 is 0 Å². The molecule has 0 amide bonds. The second kappa shape index (κ2) is 8.35. The molecule has 2 aromatic carbocycles. The van der Waals surface area contributed by atoms with Crippen molar-refractivity contribution in [1.29, 1.82) is 5.26 Å². The van der Waals surface area contributed by atoms with E-state index in [4.69, 9.17) is 10.00 Å². The van der Waals surface area contributed by atoms with Crippen LogP contribution in [0.25, 0.3) is 0 Å². The first-order valence-electron chi connectivity index (χ1n) is 8.39. The van der Waals surface area contributed by atoms with Gasteiger partial charge < -0.3 is 4.74 Å². The quantitative estimate of drug-likeness (QED) is 0.756. The van der Waals surface area contributed by atoms with E-state index in [9.17, 15) is 8.42 Å². The lowest BCUT2D eigenvalue weighted by Crippen LogP contribution is -2.29. The van der Waals surface area contributed by atoms with E-state index in [1.54, 1.807) is 24.3 Å². The van der Waals surface area contributed by atoms with Gasteiger partial charge in [-0.1, -0.05) is 45.0 Å². The van der Waals surface area contributed by atoms with Crippen LogP contribution in [-0.2, 0) is 21.2 Å². The summed E-state index contributed by atoms with van der Waals surface area (Å²) in [6.07, 6.45) is 0. The molecule has 5 nitrogen and oxygen atoms in total. The third-order valence-electron chi connectivity index (χ3n) is 3.83. The van der Waals surface area contributed by atoms with Crippen LogP contribution in [0, 0.1) is 11.3 Å². The number of sulfonamides is 1. The van der Waals surface area contributed by atoms with E-state index < -0.39 is 10.0 Å². The number of nitrogens with one attached hydrogen (secondary N) is 1. The van der Waals surface area contributed by atoms with Gasteiger partial charge in [-0.05, 0) is 40.8 Å². The zero-order valence-electron chi connectivity index (χ0n) is 15.3. The van der Waals surface area contributed by atoms with Crippen molar-refractivity contribution in [3.8, 4) is 11.8 Å². The summed E-state index contributed by atoms with van der Waals surface area (Å²) in [6.45, 7) is 6.85. The van der Waals surface area contributed by atoms with Crippen molar-refractivity contribution in [2.24, 2.45) is 0 Å². The molecule has 2 rings (SSSR count). The highest BCUT2D eigenvalue weighted by Gasteiger charge is 2.13. The maximum absolute atomic E-state index is 12.1. The van der Waals surface area contributed by atoms with Gasteiger partial charge >= 0.3 is 0 Å². The molecule has 0 fully saturated rings. The van der Waals surface area contributed by atoms with Gasteiger partial charge in [-0.2, -0.15) is 5.26 Å². The number of nitriles is 1. The zero-order valence-corrected chi connectivity index (χ0v) is 16.1. The largest absolute Gasteiger partial charge is 0.492 e. The van der Waals surface area contributed by atoms with Crippen LogP contribution in [0.15, 0.2) is 48.5 Å². The Balaban J connectivity index is 1.82. The Hall–Kier alpha value is -2.36. The summed E-state index contributed by atoms with van der Waals surface area (Å²) in [4.78, 5) is 0. The van der Waals surface area contributed by atoms with Crippen LogP contribution in [0.2, 0.25) is 0 Å². The average Bonchev–Trinajstić information content (AvgIpc) is 2.58. The van der Waals surface area contributed by atoms with Crippen molar-refractivity contribution in [2.75, 3.05) is 13.2 Å². The predicted molar refractivity (Wildman–Crippen MR) is 102 cm³/mol. The van der Waals surface area contributed by atoms with Crippen molar-refractivity contribution in [1.82, 2.24) is 4.72 Å². The molecule has 1 N–H and O–H groups in total. The Morgan fingerprint density at radius 1 is 1.12 bits per heavy atom. The second-order valence-corrected chi connectivity index (χ2v) is 8.90. The number of hydrogen-bond acceptors (Lipinski definition) is 4. The molecule has 0 saturated carbocycles. The first kappa shape index (κ1) is 20.0. The van der Waals surface area contributed by atoms with Crippen molar-refractivity contribution in [3.05, 3.63) is 65.2 Å². The van der Waals surface area contributed by atoms with E-state index >= 15 is 0 Å². The summed E-state index contributed by atoms with van der Waals surface area (Å²) in [5.41, 5.74) is 2.32. The SMILES string of the molecule is CC(C)(C)c1ccc(OCCNS(=O)(=O)Cc2cccc(C#N)c2)cc1. The van der Waals surface area contributed by atoms with E-state index in [0.717, 1.165) is 0 Å². The fourth-order valence-electron chi connectivity index (χ4n) is 2.42. The molecule has 0 aromatic heterocycles. The minimum absolute atomic E-state index is 0.0804. The number of rotatable bonds is 7. The van der Waals surface area contributed by atoms with Crippen LogP contribution in [0.4, 0.5) is 0 Å². The van der Waals surface area contributed by atoms with E-state index in [1.165, 1.54) is 5.56 Å². The third-order valence-corrected chi connectivity index (χ3v) is 5.18. The monoisotopic (exact) mass is 372 g/mol. The lowest BCUT2D eigenvalue weighted by molar-refractivity contribution is 0.322. The molecule has 0 heterocycles. The van der Waals surface area contributed by atoms with Crippen molar-refractivity contribution >= 4 is 10.0 Å². The van der Waals surface area contributed by atoms with Crippen LogP contribution < -0.4 is 9.46 Å². The maximum Gasteiger partial charge on any atom is 0.215 e. The first-order chi connectivity index (χ1) is 12.2. The van der Waals surface area contributed by atoms with Crippen LogP contribution in [0.5, 0.6) is 5.75 Å². The molecular weight excluding hydrogens is 348 g/mol. The second-order valence-electron chi connectivity index (χ2n) is 7.09. The smallest absolute Gasteiger partial charge is 0.215 e. The Bertz CT molecular complexity index is 877. The highest BCUT2D eigenvalue weighted by atomic mass is 32.2. The van der Waals surface area contributed by atoms with Gasteiger partial charge in [0.15, 0.2) is 0 Å². The Kier molecular flexibility index (Phi) is 6.41. The predicted octanol–water partition coefficient (Wildman–Crippen LogP) is 3.35. The van der Waals surface area contributed by atoms with Gasteiger partial charge in [-0.15, -0.1) is 0 Å². The molecule has 0 aliphatic carbocycles. The highest BCUT2D eigenvalue weighted by Crippen LogP contribution is 2.24. The molecule has 0 saturated heterocycles. The fourth-order valence-corrected chi connectivity index (χ4v) is 3.53. The summed E-state index contributed by atoms with van der Waals surface area (Å²) in [5.74, 6) is 0.543. The normalized spacial score (nSPS) is 11.8. The van der Waals surface area contributed by atoms with Gasteiger partial charge in [-0.25, -0.2) is 13.1 Å². The first-order valence-corrected chi connectivity index (χ1v) is 10.0. The molecule has 0 aliphatic heterocycles. The molecule has 0 spiro atoms. The van der Waals surface area contributed by atoms with Gasteiger partial charge in [0.05, 0.1) is 17.4 Å². The Morgan fingerprint density at radius 3 is 2.42 bits per heavy atom. The lowest BCUT2D eigenvalue weighted by Gasteiger charge is -2.19. The summed E-state index contributed by atoms with van der Waals surface area (Å²) in [6, 6.07) is 16.4. The standard InChI is InChI=1S/C20H24N2O3S/c1-20(2,3)18-7-9-19(10-8-18)25-12-11-22-26(23,24)15-17-6-4-5-16(13-17)14-21/h4-10,13,22H,11-12,15H2,1-3H3.